The summed E-state index contributed by atoms with van der Waals surface area (Å²) in [6.45, 7) is 8.81. The van der Waals surface area contributed by atoms with Gasteiger partial charge in [0, 0.05) is 63.5 Å². The molecule has 1 saturated heterocycles. The molecule has 0 bridgehead atoms. The van der Waals surface area contributed by atoms with Crippen LogP contribution in [0.3, 0.4) is 0 Å². The van der Waals surface area contributed by atoms with E-state index in [0.29, 0.717) is 45.0 Å². The Morgan fingerprint density at radius 2 is 1.69 bits per heavy atom. The number of amides is 3. The van der Waals surface area contributed by atoms with Crippen LogP contribution in [0.1, 0.15) is 52.0 Å². The van der Waals surface area contributed by atoms with Crippen LogP contribution in [0.2, 0.25) is 0 Å². The number of hydrogen-bond acceptors (Lipinski definition) is 7. The molecule has 11 nitrogen and oxygen atoms in total. The molecule has 1 saturated carbocycles. The number of carboxylic acid groups (broad SMARTS) is 1. The van der Waals surface area contributed by atoms with E-state index in [9.17, 15) is 22.8 Å². The zero-order valence-corrected chi connectivity index (χ0v) is 24.8. The van der Waals surface area contributed by atoms with Crippen molar-refractivity contribution in [3.8, 4) is 11.5 Å². The van der Waals surface area contributed by atoms with Crippen molar-refractivity contribution >= 4 is 17.9 Å². The second-order valence-electron chi connectivity index (χ2n) is 11.3. The number of piperidine rings is 1. The molecule has 238 valence electrons. The molecule has 3 amide bonds. The lowest BCUT2D eigenvalue weighted by Crippen LogP contribution is -2.56. The first-order valence-electron chi connectivity index (χ1n) is 13.8. The van der Waals surface area contributed by atoms with Gasteiger partial charge in [-0.2, -0.15) is 13.2 Å². The van der Waals surface area contributed by atoms with Crippen molar-refractivity contribution < 1.29 is 46.9 Å². The number of nitrogens with zero attached hydrogens (tertiary/aromatic N) is 1. The molecule has 1 aromatic rings. The number of methoxy groups -OCH3 is 2. The molecular weight excluding hydrogens is 561 g/mol. The maximum Gasteiger partial charge on any atom is 0.490 e. The van der Waals surface area contributed by atoms with Crippen LogP contribution in [-0.4, -0.2) is 92.2 Å². The van der Waals surface area contributed by atoms with Crippen molar-refractivity contribution in [1.29, 1.82) is 0 Å². The number of nitrogens with one attached hydrogen (secondary N) is 3. The lowest BCUT2D eigenvalue weighted by Gasteiger charge is -2.34. The molecule has 4 N–H and O–H groups in total. The summed E-state index contributed by atoms with van der Waals surface area (Å²) in [6, 6.07) is 5.78. The fourth-order valence-corrected chi connectivity index (χ4v) is 4.32. The van der Waals surface area contributed by atoms with E-state index in [1.54, 1.807) is 14.2 Å². The van der Waals surface area contributed by atoms with Gasteiger partial charge in [0.2, 0.25) is 5.91 Å². The minimum atomic E-state index is -5.08. The number of carbonyl (C=O) groups is 3. The number of urea groups is 1. The van der Waals surface area contributed by atoms with Gasteiger partial charge in [-0.3, -0.25) is 4.79 Å². The van der Waals surface area contributed by atoms with Crippen molar-refractivity contribution in [3.63, 3.8) is 0 Å². The summed E-state index contributed by atoms with van der Waals surface area (Å²) in [5.74, 6) is -1.37. The normalized spacial score (nSPS) is 18.7. The first kappa shape index (κ1) is 34.9. The van der Waals surface area contributed by atoms with Gasteiger partial charge in [-0.05, 0) is 57.7 Å². The van der Waals surface area contributed by atoms with Crippen LogP contribution in [0, 0.1) is 5.92 Å². The molecule has 2 atom stereocenters. The topological polar surface area (TPSA) is 138 Å². The molecule has 14 heteroatoms. The molecule has 0 aromatic heterocycles. The highest BCUT2D eigenvalue weighted by molar-refractivity contribution is 5.80. The number of hydrogen-bond donors (Lipinski definition) is 4. The highest BCUT2D eigenvalue weighted by Crippen LogP contribution is 2.32. The van der Waals surface area contributed by atoms with E-state index in [1.807, 2.05) is 43.9 Å². The number of alkyl halides is 3. The molecule has 1 heterocycles. The monoisotopic (exact) mass is 604 g/mol. The number of carboxylic acids is 1. The summed E-state index contributed by atoms with van der Waals surface area (Å²) < 4.78 is 48.2. The van der Waals surface area contributed by atoms with Gasteiger partial charge in [0.1, 0.15) is 11.5 Å². The second-order valence-corrected chi connectivity index (χ2v) is 11.3. The van der Waals surface area contributed by atoms with Crippen LogP contribution in [0.25, 0.3) is 0 Å². The molecule has 0 spiro atoms. The zero-order valence-electron chi connectivity index (χ0n) is 24.8. The highest BCUT2D eigenvalue weighted by atomic mass is 19.4. The fraction of sp³-hybridized carbons (Fsp3) is 0.679. The molecule has 0 unspecified atom stereocenters. The highest BCUT2D eigenvalue weighted by Gasteiger charge is 2.39. The maximum atomic E-state index is 13.6. The molecule has 2 aliphatic rings. The van der Waals surface area contributed by atoms with Crippen LogP contribution in [0.15, 0.2) is 18.2 Å². The Bertz CT molecular complexity index is 1050. The number of rotatable bonds is 11. The SMILES string of the molecule is COCCCOc1cc(CN(C(=O)[C@@H]2CNC[C@H](NC(=O)NC(C)(C)C)C2)C2CC2)cc(OC)c1.O=C(O)C(F)(F)F. The Morgan fingerprint density at radius 1 is 1.05 bits per heavy atom. The lowest BCUT2D eigenvalue weighted by molar-refractivity contribution is -0.192. The zero-order chi connectivity index (χ0) is 31.5. The van der Waals surface area contributed by atoms with Crippen molar-refractivity contribution in [3.05, 3.63) is 23.8 Å². The Kier molecular flexibility index (Phi) is 13.2. The smallest absolute Gasteiger partial charge is 0.490 e. The van der Waals surface area contributed by atoms with Crippen LogP contribution in [0.4, 0.5) is 18.0 Å². The molecular formula is C28H43F3N4O7. The molecule has 3 rings (SSSR count). The van der Waals surface area contributed by atoms with Gasteiger partial charge in [-0.25, -0.2) is 9.59 Å². The van der Waals surface area contributed by atoms with Crippen LogP contribution < -0.4 is 25.4 Å². The van der Waals surface area contributed by atoms with Crippen LogP contribution in [-0.2, 0) is 20.9 Å². The Balaban J connectivity index is 0.000000782. The first-order valence-corrected chi connectivity index (χ1v) is 13.8. The van der Waals surface area contributed by atoms with E-state index >= 15 is 0 Å². The molecule has 1 aromatic carbocycles. The Labute approximate surface area is 244 Å². The number of benzene rings is 1. The maximum absolute atomic E-state index is 13.6. The molecule has 1 aliphatic heterocycles. The second kappa shape index (κ2) is 15.8. The van der Waals surface area contributed by atoms with Gasteiger partial charge in [0.15, 0.2) is 0 Å². The van der Waals surface area contributed by atoms with Gasteiger partial charge >= 0.3 is 18.2 Å². The number of ether oxygens (including phenoxy) is 3. The van der Waals surface area contributed by atoms with Crippen molar-refractivity contribution in [2.24, 2.45) is 5.92 Å². The quantitative estimate of drug-likeness (QED) is 0.283. The Morgan fingerprint density at radius 3 is 2.24 bits per heavy atom. The third-order valence-electron chi connectivity index (χ3n) is 6.33. The molecule has 2 fully saturated rings. The predicted octanol–water partition coefficient (Wildman–Crippen LogP) is 3.31. The predicted molar refractivity (Wildman–Crippen MR) is 148 cm³/mol. The summed E-state index contributed by atoms with van der Waals surface area (Å²) in [6.07, 6.45) is -1.62. The van der Waals surface area contributed by atoms with Crippen LogP contribution >= 0.6 is 0 Å². The van der Waals surface area contributed by atoms with E-state index in [-0.39, 0.29) is 35.5 Å². The van der Waals surface area contributed by atoms with E-state index in [1.165, 1.54) is 0 Å². The van der Waals surface area contributed by atoms with Gasteiger partial charge in [-0.1, -0.05) is 0 Å². The largest absolute Gasteiger partial charge is 0.497 e. The molecule has 42 heavy (non-hydrogen) atoms. The van der Waals surface area contributed by atoms with Crippen molar-refractivity contribution in [2.45, 2.75) is 76.8 Å². The third-order valence-corrected chi connectivity index (χ3v) is 6.33. The minimum absolute atomic E-state index is 0.0926. The van der Waals surface area contributed by atoms with Crippen LogP contribution in [0.5, 0.6) is 11.5 Å². The average molecular weight is 605 g/mol. The summed E-state index contributed by atoms with van der Waals surface area (Å²) in [7, 11) is 3.31. The molecule has 0 radical (unpaired) electrons. The van der Waals surface area contributed by atoms with Gasteiger partial charge in [0.25, 0.3) is 0 Å². The number of aliphatic carboxylic acids is 1. The summed E-state index contributed by atoms with van der Waals surface area (Å²) in [4.78, 5) is 36.8. The van der Waals surface area contributed by atoms with E-state index in [4.69, 9.17) is 24.1 Å². The third kappa shape index (κ3) is 12.7. The average Bonchev–Trinajstić information content (AvgIpc) is 3.73. The number of carbonyl (C=O) groups excluding carboxylic acids is 2. The van der Waals surface area contributed by atoms with E-state index in [2.05, 4.69) is 16.0 Å². The standard InChI is InChI=1S/C26H42N4O5.C2HF3O2/c1-26(2,3)29-25(32)28-20-13-19(15-27-16-20)24(31)30(21-7-8-21)17-18-11-22(34-5)14-23(12-18)35-10-6-9-33-4;3-2(4,5)1(6)7/h11-12,14,19-21,27H,6-10,13,15-17H2,1-5H3,(H2,28,29,32);(H,6,7)/t19-,20+;/m0./s1. The van der Waals surface area contributed by atoms with E-state index in [0.717, 1.165) is 30.6 Å². The summed E-state index contributed by atoms with van der Waals surface area (Å²) >= 11 is 0. The van der Waals surface area contributed by atoms with Gasteiger partial charge in [0.05, 0.1) is 19.6 Å². The minimum Gasteiger partial charge on any atom is -0.497 e. The van der Waals surface area contributed by atoms with Crippen molar-refractivity contribution in [2.75, 3.05) is 40.5 Å². The summed E-state index contributed by atoms with van der Waals surface area (Å²) in [5.41, 5.74) is 0.669. The fourth-order valence-electron chi connectivity index (χ4n) is 4.32. The van der Waals surface area contributed by atoms with Gasteiger partial charge in [-0.15, -0.1) is 0 Å². The number of halogens is 3. The van der Waals surface area contributed by atoms with Crippen molar-refractivity contribution in [1.82, 2.24) is 20.9 Å². The van der Waals surface area contributed by atoms with Gasteiger partial charge < -0.3 is 40.2 Å². The lowest BCUT2D eigenvalue weighted by atomic mass is 9.94. The van der Waals surface area contributed by atoms with E-state index < -0.39 is 12.1 Å². The summed E-state index contributed by atoms with van der Waals surface area (Å²) in [5, 5.41) is 16.4. The first-order chi connectivity index (χ1) is 19.6. The molecule has 1 aliphatic carbocycles. The Hall–Kier alpha value is -3.26.